The molecule has 46 heavy (non-hydrogen) atoms. The molecule has 2 aliphatic rings. The van der Waals surface area contributed by atoms with Crippen molar-refractivity contribution in [2.75, 3.05) is 32.8 Å². The molecule has 2 saturated heterocycles. The van der Waals surface area contributed by atoms with E-state index in [1.807, 2.05) is 49.1 Å². The van der Waals surface area contributed by atoms with Gasteiger partial charge in [-0.05, 0) is 44.7 Å². The summed E-state index contributed by atoms with van der Waals surface area (Å²) in [5.41, 5.74) is -0.578. The summed E-state index contributed by atoms with van der Waals surface area (Å²) in [6.45, 7) is 10.4. The minimum Gasteiger partial charge on any atom is -0.458 e. The van der Waals surface area contributed by atoms with Gasteiger partial charge in [-0.2, -0.15) is 0 Å². The van der Waals surface area contributed by atoms with Gasteiger partial charge in [0.05, 0.1) is 36.9 Å². The maximum Gasteiger partial charge on any atom is 0.329 e. The summed E-state index contributed by atoms with van der Waals surface area (Å²) in [6.07, 6.45) is -0.630. The van der Waals surface area contributed by atoms with Gasteiger partial charge in [-0.25, -0.2) is 17.9 Å². The van der Waals surface area contributed by atoms with Crippen LogP contribution in [0.3, 0.4) is 0 Å². The van der Waals surface area contributed by atoms with Gasteiger partial charge >= 0.3 is 5.97 Å². The molecule has 1 amide bonds. The summed E-state index contributed by atoms with van der Waals surface area (Å²) in [7, 11) is -4.54. The Kier molecular flexibility index (Phi) is 11.5. The summed E-state index contributed by atoms with van der Waals surface area (Å²) < 4.78 is 48.1. The molecule has 0 spiro atoms. The number of sulfonamides is 1. The lowest BCUT2D eigenvalue weighted by atomic mass is 9.91. The molecule has 13 nitrogen and oxygen atoms in total. The van der Waals surface area contributed by atoms with Crippen molar-refractivity contribution in [1.29, 1.82) is 0 Å². The van der Waals surface area contributed by atoms with E-state index in [4.69, 9.17) is 14.2 Å². The van der Waals surface area contributed by atoms with Crippen molar-refractivity contribution < 1.29 is 37.1 Å². The summed E-state index contributed by atoms with van der Waals surface area (Å²) >= 11 is 0. The number of ether oxygens (including phenoxy) is 3. The Morgan fingerprint density at radius 3 is 2.33 bits per heavy atom. The van der Waals surface area contributed by atoms with Gasteiger partial charge in [0, 0.05) is 25.7 Å². The Labute approximate surface area is 270 Å². The first-order valence-corrected chi connectivity index (χ1v) is 16.9. The molecule has 14 heteroatoms. The number of nitrogens with one attached hydrogen (secondary N) is 1. The van der Waals surface area contributed by atoms with E-state index in [2.05, 4.69) is 4.72 Å². The number of carbonyl (C=O) groups is 2. The number of hydrogen-bond acceptors (Lipinski definition) is 10. The van der Waals surface area contributed by atoms with E-state index < -0.39 is 67.2 Å². The molecule has 4 rings (SSSR count). The normalized spacial score (nSPS) is 22.1. The Balaban J connectivity index is 1.80. The molecule has 0 bridgehead atoms. The molecule has 0 radical (unpaired) electrons. The summed E-state index contributed by atoms with van der Waals surface area (Å²) in [4.78, 5) is 42.0. The Morgan fingerprint density at radius 1 is 1.09 bits per heavy atom. The number of hydrogen-bond donors (Lipinski definition) is 1. The average molecular weight is 661 g/mol. The van der Waals surface area contributed by atoms with Crippen LogP contribution in [-0.4, -0.2) is 97.7 Å². The van der Waals surface area contributed by atoms with E-state index in [-0.39, 0.29) is 19.1 Å². The van der Waals surface area contributed by atoms with Crippen molar-refractivity contribution in [3.05, 3.63) is 70.3 Å². The molecule has 2 fully saturated rings. The van der Waals surface area contributed by atoms with Gasteiger partial charge in [-0.3, -0.25) is 19.8 Å². The molecule has 2 heterocycles. The second-order valence-corrected chi connectivity index (χ2v) is 14.7. The number of nitrogens with zero attached hydrogens (tertiary/aromatic N) is 3. The van der Waals surface area contributed by atoms with Crippen LogP contribution in [0.1, 0.15) is 46.6 Å². The SMILES string of the molecule is CC(C)C[C@@H](C(=O)OC(C)(C)C)N1C[C@@H](OCc2ccccc2)[C@H](NS(=O)(=O)c2ccccc2[N+](=O)[O-])[C@@H](N2CCOCC2)C1=O. The third-order valence-electron chi connectivity index (χ3n) is 7.79. The molecule has 0 saturated carbocycles. The predicted octanol–water partition coefficient (Wildman–Crippen LogP) is 3.13. The molecule has 0 aromatic heterocycles. The van der Waals surface area contributed by atoms with Gasteiger partial charge in [0.25, 0.3) is 5.69 Å². The summed E-state index contributed by atoms with van der Waals surface area (Å²) in [5, 5.41) is 11.8. The van der Waals surface area contributed by atoms with Gasteiger partial charge in [0.2, 0.25) is 15.9 Å². The number of esters is 1. The zero-order valence-electron chi connectivity index (χ0n) is 27.0. The van der Waals surface area contributed by atoms with Gasteiger partial charge in [0.1, 0.15) is 17.7 Å². The van der Waals surface area contributed by atoms with Crippen LogP contribution < -0.4 is 4.72 Å². The van der Waals surface area contributed by atoms with Crippen LogP contribution in [0.5, 0.6) is 0 Å². The van der Waals surface area contributed by atoms with Gasteiger partial charge in [0.15, 0.2) is 4.90 Å². The lowest BCUT2D eigenvalue weighted by molar-refractivity contribution is -0.387. The largest absolute Gasteiger partial charge is 0.458 e. The second kappa shape index (κ2) is 15.0. The Morgan fingerprint density at radius 2 is 1.72 bits per heavy atom. The van der Waals surface area contributed by atoms with E-state index in [1.165, 1.54) is 17.0 Å². The van der Waals surface area contributed by atoms with E-state index in [0.29, 0.717) is 32.7 Å². The van der Waals surface area contributed by atoms with Crippen molar-refractivity contribution >= 4 is 27.6 Å². The molecule has 2 aromatic carbocycles. The first kappa shape index (κ1) is 35.4. The standard InChI is InChI=1S/C32H44N4O9S/c1-22(2)19-25(31(38)45-32(3,4)5)35-20-26(44-21-23-11-7-6-8-12-23)28(29(30(35)37)34-15-17-43-18-16-34)33-46(41,42)27-14-10-9-13-24(27)36(39)40/h6-14,22,25-26,28-29,33H,15-21H2,1-5H3/t25-,26+,28-,29+/m0/s1. The number of likely N-dealkylation sites (tertiary alicyclic amines) is 1. The maximum absolute atomic E-state index is 14.6. The summed E-state index contributed by atoms with van der Waals surface area (Å²) in [6, 6.07) is 11.1. The smallest absolute Gasteiger partial charge is 0.329 e. The van der Waals surface area contributed by atoms with Gasteiger partial charge < -0.3 is 19.1 Å². The number of nitro benzene ring substituents is 1. The zero-order chi connectivity index (χ0) is 33.6. The predicted molar refractivity (Wildman–Crippen MR) is 169 cm³/mol. The highest BCUT2D eigenvalue weighted by Crippen LogP contribution is 2.30. The zero-order valence-corrected chi connectivity index (χ0v) is 27.8. The number of morpholine rings is 1. The number of rotatable bonds is 12. The van der Waals surface area contributed by atoms with Crippen molar-refractivity contribution in [1.82, 2.24) is 14.5 Å². The van der Waals surface area contributed by atoms with Crippen LogP contribution in [0.2, 0.25) is 0 Å². The lowest BCUT2D eigenvalue weighted by Crippen LogP contribution is -2.72. The van der Waals surface area contributed by atoms with E-state index in [1.54, 1.807) is 20.8 Å². The number of nitro groups is 1. The highest BCUT2D eigenvalue weighted by molar-refractivity contribution is 7.89. The fourth-order valence-corrected chi connectivity index (χ4v) is 7.20. The summed E-state index contributed by atoms with van der Waals surface area (Å²) in [5.74, 6) is -1.00. The first-order chi connectivity index (χ1) is 21.7. The number of piperidine rings is 1. The molecule has 0 unspecified atom stereocenters. The molecule has 0 aliphatic carbocycles. The fourth-order valence-electron chi connectivity index (χ4n) is 5.76. The van der Waals surface area contributed by atoms with E-state index in [0.717, 1.165) is 17.7 Å². The molecule has 2 aromatic rings. The third kappa shape index (κ3) is 8.88. The minimum atomic E-state index is -4.54. The van der Waals surface area contributed by atoms with Crippen molar-refractivity contribution in [2.45, 2.75) is 82.4 Å². The van der Waals surface area contributed by atoms with Crippen LogP contribution in [-0.2, 0) is 40.4 Å². The maximum atomic E-state index is 14.6. The fraction of sp³-hybridized carbons (Fsp3) is 0.562. The van der Waals surface area contributed by atoms with Gasteiger partial charge in [-0.15, -0.1) is 0 Å². The molecule has 2 aliphatic heterocycles. The average Bonchev–Trinajstić information content (AvgIpc) is 2.99. The van der Waals surface area contributed by atoms with Crippen LogP contribution >= 0.6 is 0 Å². The van der Waals surface area contributed by atoms with Crippen molar-refractivity contribution in [3.8, 4) is 0 Å². The number of carbonyl (C=O) groups excluding carboxylic acids is 2. The van der Waals surface area contributed by atoms with Crippen LogP contribution in [0, 0.1) is 16.0 Å². The van der Waals surface area contributed by atoms with Crippen molar-refractivity contribution in [2.24, 2.45) is 5.92 Å². The Hall–Kier alpha value is -3.43. The van der Waals surface area contributed by atoms with E-state index >= 15 is 0 Å². The lowest BCUT2D eigenvalue weighted by Gasteiger charge is -2.49. The molecular weight excluding hydrogens is 616 g/mol. The topological polar surface area (TPSA) is 158 Å². The van der Waals surface area contributed by atoms with Crippen LogP contribution in [0.25, 0.3) is 0 Å². The number of benzene rings is 2. The minimum absolute atomic E-state index is 0.0192. The van der Waals surface area contributed by atoms with Gasteiger partial charge in [-0.1, -0.05) is 56.3 Å². The van der Waals surface area contributed by atoms with Crippen LogP contribution in [0.4, 0.5) is 5.69 Å². The van der Waals surface area contributed by atoms with Crippen molar-refractivity contribution in [3.63, 3.8) is 0 Å². The molecule has 252 valence electrons. The number of amides is 1. The number of para-hydroxylation sites is 1. The Bertz CT molecular complexity index is 1470. The molecular formula is C32H44N4O9S. The first-order valence-electron chi connectivity index (χ1n) is 15.4. The molecule has 1 N–H and O–H groups in total. The van der Waals surface area contributed by atoms with Crippen LogP contribution in [0.15, 0.2) is 59.5 Å². The monoisotopic (exact) mass is 660 g/mol. The highest BCUT2D eigenvalue weighted by atomic mass is 32.2. The van der Waals surface area contributed by atoms with E-state index in [9.17, 15) is 28.1 Å². The highest BCUT2D eigenvalue weighted by Gasteiger charge is 2.51. The molecule has 4 atom stereocenters. The second-order valence-electron chi connectivity index (χ2n) is 13.0. The quantitative estimate of drug-likeness (QED) is 0.204. The third-order valence-corrected chi connectivity index (χ3v) is 9.30.